The molecule has 0 spiro atoms. The SMILES string of the molecule is CCCCCCCCCCCCCCCCCCCCCCCC(=O)OC[C@H](COP(=O)(O)OC[C@@H](O)COP(=O)(O)OC[C@@H](COC(=O)CCCCCCCCC(C)CC)OC(=O)CCCCCCCCCCCCCCCCC)OC(=O)CCCCCCCCCCCCCCCCCCCCC(C)CC. The van der Waals surface area contributed by atoms with Gasteiger partial charge in [0.2, 0.25) is 0 Å². The van der Waals surface area contributed by atoms with Crippen LogP contribution in [-0.2, 0) is 65.4 Å². The average Bonchev–Trinajstić information content (AvgIpc) is 0.901. The van der Waals surface area contributed by atoms with Gasteiger partial charge in [0.1, 0.15) is 19.3 Å². The zero-order chi connectivity index (χ0) is 79.2. The molecule has 642 valence electrons. The van der Waals surface area contributed by atoms with Gasteiger partial charge >= 0.3 is 39.5 Å². The van der Waals surface area contributed by atoms with Crippen LogP contribution in [0.1, 0.15) is 478 Å². The van der Waals surface area contributed by atoms with Crippen LogP contribution in [0.25, 0.3) is 0 Å². The number of aliphatic hydroxyl groups excluding tert-OH is 1. The molecule has 0 rings (SSSR count). The number of esters is 4. The Balaban J connectivity index is 5.21. The second-order valence-electron chi connectivity index (χ2n) is 32.5. The molecule has 0 aliphatic heterocycles. The first-order valence-corrected chi connectivity index (χ1v) is 49.1. The first kappa shape index (κ1) is 106. The van der Waals surface area contributed by atoms with E-state index in [4.69, 9.17) is 37.0 Å². The predicted molar refractivity (Wildman–Crippen MR) is 446 cm³/mol. The zero-order valence-corrected chi connectivity index (χ0v) is 73.0. The van der Waals surface area contributed by atoms with Crippen molar-refractivity contribution in [2.45, 2.75) is 496 Å². The lowest BCUT2D eigenvalue weighted by Gasteiger charge is -2.21. The maximum atomic E-state index is 13.2. The van der Waals surface area contributed by atoms with Gasteiger partial charge in [-0.25, -0.2) is 9.13 Å². The van der Waals surface area contributed by atoms with Crippen molar-refractivity contribution in [1.82, 2.24) is 0 Å². The molecule has 0 amide bonds. The Labute approximate surface area is 664 Å². The van der Waals surface area contributed by atoms with E-state index < -0.39 is 97.5 Å². The molecule has 0 aromatic rings. The highest BCUT2D eigenvalue weighted by atomic mass is 31.2. The van der Waals surface area contributed by atoms with Crippen molar-refractivity contribution in [2.24, 2.45) is 11.8 Å². The highest BCUT2D eigenvalue weighted by molar-refractivity contribution is 7.47. The monoisotopic (exact) mass is 1580 g/mol. The largest absolute Gasteiger partial charge is 0.472 e. The van der Waals surface area contributed by atoms with Gasteiger partial charge in [0.05, 0.1) is 26.4 Å². The number of aliphatic hydroxyl groups is 1. The second kappa shape index (κ2) is 80.3. The summed E-state index contributed by atoms with van der Waals surface area (Å²) >= 11 is 0. The Morgan fingerprint density at radius 1 is 0.259 bits per heavy atom. The molecule has 3 N–H and O–H groups in total. The van der Waals surface area contributed by atoms with E-state index in [1.54, 1.807) is 0 Å². The van der Waals surface area contributed by atoms with Gasteiger partial charge in [0, 0.05) is 25.7 Å². The number of ether oxygens (including phenoxy) is 4. The summed E-state index contributed by atoms with van der Waals surface area (Å²) in [4.78, 5) is 73.3. The van der Waals surface area contributed by atoms with Crippen LogP contribution in [-0.4, -0.2) is 96.7 Å². The van der Waals surface area contributed by atoms with Crippen LogP contribution in [0.15, 0.2) is 0 Å². The summed E-state index contributed by atoms with van der Waals surface area (Å²) in [5.41, 5.74) is 0. The zero-order valence-electron chi connectivity index (χ0n) is 71.2. The number of carbonyl (C=O) groups is 4. The van der Waals surface area contributed by atoms with E-state index in [0.717, 1.165) is 108 Å². The lowest BCUT2D eigenvalue weighted by Crippen LogP contribution is -2.30. The van der Waals surface area contributed by atoms with Crippen molar-refractivity contribution in [2.75, 3.05) is 39.6 Å². The summed E-state index contributed by atoms with van der Waals surface area (Å²) in [6.07, 6.45) is 73.7. The van der Waals surface area contributed by atoms with Crippen molar-refractivity contribution in [1.29, 1.82) is 0 Å². The molecule has 4 unspecified atom stereocenters. The van der Waals surface area contributed by atoms with E-state index in [1.165, 1.54) is 289 Å². The van der Waals surface area contributed by atoms with E-state index in [9.17, 15) is 43.2 Å². The average molecular weight is 1580 g/mol. The van der Waals surface area contributed by atoms with E-state index in [0.29, 0.717) is 25.7 Å². The minimum atomic E-state index is -4.97. The van der Waals surface area contributed by atoms with Crippen molar-refractivity contribution in [3.8, 4) is 0 Å². The fraction of sp³-hybridized carbons (Fsp3) is 0.955. The van der Waals surface area contributed by atoms with Crippen LogP contribution in [0.3, 0.4) is 0 Å². The number of phosphoric acid groups is 2. The quantitative estimate of drug-likeness (QED) is 0.0222. The lowest BCUT2D eigenvalue weighted by molar-refractivity contribution is -0.161. The Morgan fingerprint density at radius 3 is 0.657 bits per heavy atom. The van der Waals surface area contributed by atoms with Crippen molar-refractivity contribution < 1.29 is 80.2 Å². The number of phosphoric ester groups is 2. The summed E-state index contributed by atoms with van der Waals surface area (Å²) in [6, 6.07) is 0. The van der Waals surface area contributed by atoms with E-state index >= 15 is 0 Å². The molecular weight excluding hydrogens is 1400 g/mol. The summed E-state index contributed by atoms with van der Waals surface area (Å²) < 4.78 is 69.0. The molecule has 0 fully saturated rings. The van der Waals surface area contributed by atoms with Crippen LogP contribution in [0.5, 0.6) is 0 Å². The number of rotatable bonds is 88. The second-order valence-corrected chi connectivity index (χ2v) is 35.4. The van der Waals surface area contributed by atoms with Gasteiger partial charge < -0.3 is 33.8 Å². The van der Waals surface area contributed by atoms with Crippen LogP contribution in [0.2, 0.25) is 0 Å². The molecule has 0 saturated carbocycles. The molecule has 0 aliphatic carbocycles. The topological polar surface area (TPSA) is 237 Å². The first-order valence-electron chi connectivity index (χ1n) is 46.1. The third-order valence-corrected chi connectivity index (χ3v) is 23.6. The normalized spacial score (nSPS) is 14.3. The summed E-state index contributed by atoms with van der Waals surface area (Å²) in [5.74, 6) is -0.498. The van der Waals surface area contributed by atoms with Gasteiger partial charge in [-0.2, -0.15) is 0 Å². The summed E-state index contributed by atoms with van der Waals surface area (Å²) in [5, 5.41) is 10.7. The van der Waals surface area contributed by atoms with Crippen LogP contribution < -0.4 is 0 Å². The molecule has 0 aliphatic rings. The van der Waals surface area contributed by atoms with Crippen LogP contribution >= 0.6 is 15.6 Å². The Morgan fingerprint density at radius 2 is 0.444 bits per heavy atom. The van der Waals surface area contributed by atoms with E-state index in [-0.39, 0.29) is 25.7 Å². The minimum absolute atomic E-state index is 0.108. The molecular formula is C89H174O17P2. The molecule has 0 radical (unpaired) electrons. The van der Waals surface area contributed by atoms with Gasteiger partial charge in [-0.3, -0.25) is 37.3 Å². The van der Waals surface area contributed by atoms with Crippen molar-refractivity contribution in [3.05, 3.63) is 0 Å². The fourth-order valence-corrected chi connectivity index (χ4v) is 15.5. The molecule has 17 nitrogen and oxygen atoms in total. The Bertz CT molecular complexity index is 2070. The molecule has 7 atom stereocenters. The van der Waals surface area contributed by atoms with Crippen molar-refractivity contribution in [3.63, 3.8) is 0 Å². The third-order valence-electron chi connectivity index (χ3n) is 21.7. The maximum absolute atomic E-state index is 13.2. The lowest BCUT2D eigenvalue weighted by atomic mass is 9.99. The molecule has 0 saturated heterocycles. The minimum Gasteiger partial charge on any atom is -0.462 e. The molecule has 0 aromatic heterocycles. The summed E-state index contributed by atoms with van der Waals surface area (Å²) in [6.45, 7) is 9.71. The number of hydrogen-bond acceptors (Lipinski definition) is 15. The number of carbonyl (C=O) groups excluding carboxylic acids is 4. The van der Waals surface area contributed by atoms with Gasteiger partial charge in [0.15, 0.2) is 12.2 Å². The molecule has 0 bridgehead atoms. The number of unbranched alkanes of at least 4 members (excludes halogenated alkanes) is 56. The first-order chi connectivity index (χ1) is 52.4. The number of hydrogen-bond donors (Lipinski definition) is 3. The Kier molecular flexibility index (Phi) is 78.8. The van der Waals surface area contributed by atoms with Gasteiger partial charge in [-0.15, -0.1) is 0 Å². The highest BCUT2D eigenvalue weighted by Gasteiger charge is 2.31. The van der Waals surface area contributed by atoms with Gasteiger partial charge in [0.25, 0.3) is 0 Å². The van der Waals surface area contributed by atoms with Crippen LogP contribution in [0, 0.1) is 11.8 Å². The smallest absolute Gasteiger partial charge is 0.462 e. The van der Waals surface area contributed by atoms with Gasteiger partial charge in [-0.05, 0) is 37.5 Å². The predicted octanol–water partition coefficient (Wildman–Crippen LogP) is 27.4. The van der Waals surface area contributed by atoms with Gasteiger partial charge in [-0.1, -0.05) is 427 Å². The Hall–Kier alpha value is -1.94. The van der Waals surface area contributed by atoms with E-state index in [2.05, 4.69) is 41.5 Å². The van der Waals surface area contributed by atoms with Crippen LogP contribution in [0.4, 0.5) is 0 Å². The molecule has 108 heavy (non-hydrogen) atoms. The maximum Gasteiger partial charge on any atom is 0.472 e. The third kappa shape index (κ3) is 79.3. The summed E-state index contributed by atoms with van der Waals surface area (Å²) in [7, 11) is -9.93. The molecule has 19 heteroatoms. The fourth-order valence-electron chi connectivity index (χ4n) is 13.9. The molecule has 0 heterocycles. The van der Waals surface area contributed by atoms with E-state index in [1.807, 2.05) is 0 Å². The standard InChI is InChI=1S/C89H174O17P2/c1-7-11-13-15-17-19-21-23-25-26-27-28-29-33-37-40-44-48-52-59-65-71-86(91)99-77-84(105-88(93)73-68-62-54-50-46-42-38-34-31-30-32-36-39-43-47-51-57-63-69-81(5)9-3)79-103-107(95,96)101-75-83(90)76-102-108(97,98)104-80-85(78-100-87(92)72-66-60-56-55-58-64-70-82(6)10-4)106-89(94)74-67-61-53-49-45-41-35-24-22-20-18-16-14-12-8-2/h81-85,90H,7-80H2,1-6H3,(H,95,96)(H,97,98)/t81?,82?,83-,84-,85-/m1/s1. The highest BCUT2D eigenvalue weighted by Crippen LogP contribution is 2.45. The molecule has 0 aromatic carbocycles. The van der Waals surface area contributed by atoms with Crippen molar-refractivity contribution >= 4 is 39.5 Å².